The number of fused-ring (bicyclic) bond motifs is 1. The Kier molecular flexibility index (Phi) is 6.35. The number of halogens is 3. The van der Waals surface area contributed by atoms with E-state index in [1.165, 1.54) is 0 Å². The average molecular weight is 602 g/mol. The summed E-state index contributed by atoms with van der Waals surface area (Å²) in [5.41, 5.74) is 3.28. The van der Waals surface area contributed by atoms with Crippen molar-refractivity contribution in [3.8, 4) is 11.3 Å². The lowest BCUT2D eigenvalue weighted by Gasteiger charge is -2.27. The van der Waals surface area contributed by atoms with Crippen LogP contribution in [0.2, 0.25) is 10.0 Å². The second-order valence-electron chi connectivity index (χ2n) is 8.61. The van der Waals surface area contributed by atoms with E-state index in [1.54, 1.807) is 50.9 Å². The van der Waals surface area contributed by atoms with E-state index in [4.69, 9.17) is 27.6 Å². The number of benzene rings is 1. The Balaban J connectivity index is 1.17. The summed E-state index contributed by atoms with van der Waals surface area (Å²) in [6, 6.07) is 8.86. The van der Waals surface area contributed by atoms with Crippen LogP contribution < -0.4 is 0 Å². The van der Waals surface area contributed by atoms with E-state index in [-0.39, 0.29) is 5.91 Å². The molecule has 1 aromatic carbocycles. The molecule has 13 heteroatoms. The summed E-state index contributed by atoms with van der Waals surface area (Å²) in [4.78, 5) is 15.0. The average Bonchev–Trinajstić information content (AvgIpc) is 3.68. The summed E-state index contributed by atoms with van der Waals surface area (Å²) < 4.78 is 12.1. The zero-order valence-corrected chi connectivity index (χ0v) is 22.4. The van der Waals surface area contributed by atoms with Gasteiger partial charge < -0.3 is 9.32 Å². The van der Waals surface area contributed by atoms with Gasteiger partial charge in [0.05, 0.1) is 54.9 Å². The van der Waals surface area contributed by atoms with Gasteiger partial charge in [0.2, 0.25) is 0 Å². The zero-order valence-electron chi connectivity index (χ0n) is 19.3. The fourth-order valence-corrected chi connectivity index (χ4v) is 5.07. The van der Waals surface area contributed by atoms with Gasteiger partial charge in [-0.05, 0) is 45.8 Å². The zero-order chi connectivity index (χ0) is 25.5. The number of aromatic nitrogens is 7. The second-order valence-corrected chi connectivity index (χ2v) is 10.4. The van der Waals surface area contributed by atoms with Crippen LogP contribution in [0.15, 0.2) is 64.0 Å². The van der Waals surface area contributed by atoms with E-state index in [0.717, 1.165) is 21.3 Å². The highest BCUT2D eigenvalue weighted by atomic mass is 79.9. The quantitative estimate of drug-likeness (QED) is 0.278. The molecule has 37 heavy (non-hydrogen) atoms. The van der Waals surface area contributed by atoms with Crippen molar-refractivity contribution in [1.82, 2.24) is 39.5 Å². The molecule has 1 aliphatic heterocycles. The third-order valence-electron chi connectivity index (χ3n) is 6.11. The lowest BCUT2D eigenvalue weighted by Crippen LogP contribution is -2.38. The summed E-state index contributed by atoms with van der Waals surface area (Å²) >= 11 is 15.7. The predicted molar refractivity (Wildman–Crippen MR) is 139 cm³/mol. The van der Waals surface area contributed by atoms with E-state index in [0.29, 0.717) is 60.0 Å². The molecule has 0 radical (unpaired) electrons. The molecule has 5 aromatic rings. The smallest absolute Gasteiger partial charge is 0.289 e. The molecule has 6 rings (SSSR count). The minimum Gasteiger partial charge on any atom is -0.454 e. The standard InChI is InChI=1S/C24H19BrCl2N8O2/c25-16-8-28-33(11-16)12-18-3-4-23(37-18)24(36)32-5-6-35-22(14-32)19(9-29-35)21-13-34(31-30-21)10-15-1-2-17(26)7-20(15)27/h1-4,7-9,11,13H,5-6,10,12,14H2. The summed E-state index contributed by atoms with van der Waals surface area (Å²) in [7, 11) is 0. The topological polar surface area (TPSA) is 99.8 Å². The summed E-state index contributed by atoms with van der Waals surface area (Å²) in [6.07, 6.45) is 7.16. The minimum absolute atomic E-state index is 0.174. The molecule has 188 valence electrons. The molecular formula is C24H19BrCl2N8O2. The number of amides is 1. The Morgan fingerprint density at radius 3 is 2.73 bits per heavy atom. The molecule has 0 unspecified atom stereocenters. The lowest BCUT2D eigenvalue weighted by molar-refractivity contribution is 0.0672. The number of hydrogen-bond acceptors (Lipinski definition) is 6. The molecule has 0 N–H and O–H groups in total. The third kappa shape index (κ3) is 4.94. The van der Waals surface area contributed by atoms with Gasteiger partial charge in [0.1, 0.15) is 11.5 Å². The van der Waals surface area contributed by atoms with E-state index < -0.39 is 0 Å². The number of nitrogens with zero attached hydrogens (tertiary/aromatic N) is 8. The van der Waals surface area contributed by atoms with Crippen LogP contribution in [-0.4, -0.2) is 51.9 Å². The van der Waals surface area contributed by atoms with Gasteiger partial charge in [-0.2, -0.15) is 10.2 Å². The summed E-state index contributed by atoms with van der Waals surface area (Å²) in [6.45, 7) is 2.37. The maximum absolute atomic E-state index is 13.2. The molecule has 0 spiro atoms. The molecule has 1 amide bonds. The van der Waals surface area contributed by atoms with Crippen molar-refractivity contribution in [2.45, 2.75) is 26.2 Å². The van der Waals surface area contributed by atoms with Gasteiger partial charge in [-0.3, -0.25) is 14.2 Å². The van der Waals surface area contributed by atoms with Gasteiger partial charge in [-0.25, -0.2) is 4.68 Å². The van der Waals surface area contributed by atoms with Crippen LogP contribution in [-0.2, 0) is 26.2 Å². The van der Waals surface area contributed by atoms with Gasteiger partial charge in [-0.15, -0.1) is 5.10 Å². The Morgan fingerprint density at radius 2 is 1.92 bits per heavy atom. The highest BCUT2D eigenvalue weighted by molar-refractivity contribution is 9.10. The number of carbonyl (C=O) groups is 1. The molecule has 0 bridgehead atoms. The van der Waals surface area contributed by atoms with Gasteiger partial charge in [0, 0.05) is 28.4 Å². The third-order valence-corrected chi connectivity index (χ3v) is 7.11. The summed E-state index contributed by atoms with van der Waals surface area (Å²) in [5.74, 6) is 0.771. The highest BCUT2D eigenvalue weighted by Crippen LogP contribution is 2.27. The van der Waals surface area contributed by atoms with Crippen LogP contribution >= 0.6 is 39.1 Å². The Morgan fingerprint density at radius 1 is 1.03 bits per heavy atom. The Hall–Kier alpha value is -3.41. The molecule has 4 aromatic heterocycles. The first-order valence-electron chi connectivity index (χ1n) is 11.4. The Bertz CT molecular complexity index is 1600. The molecular weight excluding hydrogens is 583 g/mol. The molecule has 0 saturated heterocycles. The van der Waals surface area contributed by atoms with E-state index in [9.17, 15) is 4.79 Å². The SMILES string of the molecule is O=C(c1ccc(Cn2cc(Br)cn2)o1)N1CCn2ncc(-c3cn(Cc4ccc(Cl)cc4Cl)nn3)c2C1. The largest absolute Gasteiger partial charge is 0.454 e. The minimum atomic E-state index is -0.174. The van der Waals surface area contributed by atoms with Crippen LogP contribution in [0.5, 0.6) is 0 Å². The molecule has 0 atom stereocenters. The van der Waals surface area contributed by atoms with Crippen LogP contribution in [0.25, 0.3) is 11.3 Å². The molecule has 0 fully saturated rings. The van der Waals surface area contributed by atoms with Crippen molar-refractivity contribution in [3.05, 3.63) is 92.4 Å². The van der Waals surface area contributed by atoms with Crippen LogP contribution in [0.4, 0.5) is 0 Å². The van der Waals surface area contributed by atoms with Gasteiger partial charge in [0.25, 0.3) is 5.91 Å². The van der Waals surface area contributed by atoms with Crippen molar-refractivity contribution in [2.24, 2.45) is 0 Å². The van der Waals surface area contributed by atoms with E-state index in [1.807, 2.05) is 23.1 Å². The van der Waals surface area contributed by atoms with Crippen molar-refractivity contribution < 1.29 is 9.21 Å². The van der Waals surface area contributed by atoms with Crippen LogP contribution in [0, 0.1) is 0 Å². The van der Waals surface area contributed by atoms with Crippen LogP contribution in [0.3, 0.4) is 0 Å². The molecule has 0 aliphatic carbocycles. The first-order valence-corrected chi connectivity index (χ1v) is 12.9. The number of carbonyl (C=O) groups excluding carboxylic acids is 1. The van der Waals surface area contributed by atoms with Crippen molar-refractivity contribution in [2.75, 3.05) is 6.54 Å². The molecule has 10 nitrogen and oxygen atoms in total. The van der Waals surface area contributed by atoms with Crippen molar-refractivity contribution in [3.63, 3.8) is 0 Å². The maximum Gasteiger partial charge on any atom is 0.289 e. The highest BCUT2D eigenvalue weighted by Gasteiger charge is 2.27. The van der Waals surface area contributed by atoms with Crippen molar-refractivity contribution >= 4 is 45.0 Å². The van der Waals surface area contributed by atoms with Gasteiger partial charge in [-0.1, -0.05) is 34.5 Å². The second kappa shape index (κ2) is 9.81. The van der Waals surface area contributed by atoms with E-state index in [2.05, 4.69) is 36.4 Å². The predicted octanol–water partition coefficient (Wildman–Crippen LogP) is 4.75. The molecule has 0 saturated carbocycles. The lowest BCUT2D eigenvalue weighted by atomic mass is 10.1. The van der Waals surface area contributed by atoms with Gasteiger partial charge in [0.15, 0.2) is 5.76 Å². The number of furan rings is 1. The van der Waals surface area contributed by atoms with Gasteiger partial charge >= 0.3 is 0 Å². The number of hydrogen-bond donors (Lipinski definition) is 0. The first kappa shape index (κ1) is 24.0. The van der Waals surface area contributed by atoms with Crippen molar-refractivity contribution in [1.29, 1.82) is 0 Å². The van der Waals surface area contributed by atoms with E-state index >= 15 is 0 Å². The molecule has 5 heterocycles. The monoisotopic (exact) mass is 600 g/mol. The molecule has 1 aliphatic rings. The first-order chi connectivity index (χ1) is 17.9. The maximum atomic E-state index is 13.2. The summed E-state index contributed by atoms with van der Waals surface area (Å²) in [5, 5.41) is 18.5. The fraction of sp³-hybridized carbons (Fsp3) is 0.208. The normalized spacial score (nSPS) is 13.2. The Labute approximate surface area is 229 Å². The fourth-order valence-electron chi connectivity index (χ4n) is 4.27. The number of rotatable bonds is 6. The van der Waals surface area contributed by atoms with Crippen LogP contribution in [0.1, 0.15) is 27.6 Å².